The second kappa shape index (κ2) is 14.0. The molecular formula is C28H29ClN4O7S. The lowest BCUT2D eigenvalue weighted by molar-refractivity contribution is -0.137. The summed E-state index contributed by atoms with van der Waals surface area (Å²) in [5.41, 5.74) is 3.19. The Labute approximate surface area is 243 Å². The monoisotopic (exact) mass is 600 g/mol. The van der Waals surface area contributed by atoms with Gasteiger partial charge in [-0.1, -0.05) is 29.8 Å². The summed E-state index contributed by atoms with van der Waals surface area (Å²) in [6, 6.07) is 19.0. The number of carbonyl (C=O) groups excluding carboxylic acids is 2. The van der Waals surface area contributed by atoms with Gasteiger partial charge in [0, 0.05) is 13.1 Å². The lowest BCUT2D eigenvalue weighted by Crippen LogP contribution is -2.42. The summed E-state index contributed by atoms with van der Waals surface area (Å²) < 4.78 is 43.8. The summed E-state index contributed by atoms with van der Waals surface area (Å²) in [5, 5.41) is 4.14. The second-order valence-electron chi connectivity index (χ2n) is 8.79. The third-order valence-electron chi connectivity index (χ3n) is 6.05. The summed E-state index contributed by atoms with van der Waals surface area (Å²) in [4.78, 5) is 26.7. The van der Waals surface area contributed by atoms with Crippen molar-refractivity contribution in [1.29, 1.82) is 0 Å². The Morgan fingerprint density at radius 2 is 1.78 bits per heavy atom. The fraction of sp³-hybridized carbons (Fsp3) is 0.250. The summed E-state index contributed by atoms with van der Waals surface area (Å²) >= 11 is 6.24. The molecule has 0 aromatic heterocycles. The zero-order valence-corrected chi connectivity index (χ0v) is 23.8. The molecule has 3 aromatic rings. The van der Waals surface area contributed by atoms with Gasteiger partial charge in [0.2, 0.25) is 0 Å². The van der Waals surface area contributed by atoms with Crippen molar-refractivity contribution in [3.8, 4) is 11.5 Å². The fourth-order valence-corrected chi connectivity index (χ4v) is 5.57. The predicted octanol–water partition coefficient (Wildman–Crippen LogP) is 2.93. The molecule has 1 aliphatic rings. The minimum atomic E-state index is -4.11. The van der Waals surface area contributed by atoms with Crippen LogP contribution in [0, 0.1) is 0 Å². The molecule has 0 unspecified atom stereocenters. The second-order valence-corrected chi connectivity index (χ2v) is 11.1. The number of sulfonamides is 1. The zero-order valence-electron chi connectivity index (χ0n) is 22.2. The number of morpholine rings is 1. The first kappa shape index (κ1) is 29.8. The molecule has 4 rings (SSSR count). The minimum Gasteiger partial charge on any atom is -0.495 e. The molecule has 1 aliphatic heterocycles. The van der Waals surface area contributed by atoms with E-state index >= 15 is 0 Å². The maximum Gasteiger partial charge on any atom is 0.264 e. The van der Waals surface area contributed by atoms with Gasteiger partial charge in [0.05, 0.1) is 42.1 Å². The lowest BCUT2D eigenvalue weighted by atomic mass is 10.2. The van der Waals surface area contributed by atoms with Crippen LogP contribution in [0.3, 0.4) is 0 Å². The Hall–Kier alpha value is -4.13. The van der Waals surface area contributed by atoms with E-state index in [4.69, 9.17) is 25.8 Å². The molecule has 11 nitrogen and oxygen atoms in total. The van der Waals surface area contributed by atoms with Crippen LogP contribution < -0.4 is 19.2 Å². The third-order valence-corrected chi connectivity index (χ3v) is 8.13. The SMILES string of the molecule is COc1ccc(N(CC(=O)NN=Cc2ccc(OCC(=O)N3CCOCC3)cc2)S(=O)(=O)c2ccccc2)cc1Cl. The Bertz CT molecular complexity index is 1480. The van der Waals surface area contributed by atoms with Crippen LogP contribution in [0.5, 0.6) is 11.5 Å². The molecule has 3 aromatic carbocycles. The molecule has 1 heterocycles. The Balaban J connectivity index is 1.38. The first-order valence-electron chi connectivity index (χ1n) is 12.6. The van der Waals surface area contributed by atoms with Gasteiger partial charge in [0.15, 0.2) is 6.61 Å². The third kappa shape index (κ3) is 7.97. The molecule has 13 heteroatoms. The summed E-state index contributed by atoms with van der Waals surface area (Å²) in [6.07, 6.45) is 1.40. The van der Waals surface area contributed by atoms with E-state index in [0.29, 0.717) is 43.4 Å². The molecule has 41 heavy (non-hydrogen) atoms. The highest BCUT2D eigenvalue weighted by Crippen LogP contribution is 2.31. The smallest absolute Gasteiger partial charge is 0.264 e. The van der Waals surface area contributed by atoms with Crippen molar-refractivity contribution >= 4 is 45.3 Å². The number of hydrogen-bond donors (Lipinski definition) is 1. The van der Waals surface area contributed by atoms with E-state index in [1.54, 1.807) is 47.4 Å². The number of nitrogens with one attached hydrogen (secondary N) is 1. The quantitative estimate of drug-likeness (QED) is 0.265. The average molecular weight is 601 g/mol. The van der Waals surface area contributed by atoms with Crippen LogP contribution >= 0.6 is 11.6 Å². The lowest BCUT2D eigenvalue weighted by Gasteiger charge is -2.26. The number of rotatable bonds is 11. The normalized spacial score (nSPS) is 13.6. The number of ether oxygens (including phenoxy) is 3. The van der Waals surface area contributed by atoms with E-state index in [0.717, 1.165) is 4.31 Å². The van der Waals surface area contributed by atoms with Crippen LogP contribution in [0.2, 0.25) is 5.02 Å². The number of methoxy groups -OCH3 is 1. The summed E-state index contributed by atoms with van der Waals surface area (Å²) in [6.45, 7) is 1.51. The molecule has 2 amide bonds. The zero-order chi connectivity index (χ0) is 29.2. The van der Waals surface area contributed by atoms with Gasteiger partial charge in [-0.3, -0.25) is 13.9 Å². The van der Waals surface area contributed by atoms with E-state index in [1.807, 2.05) is 0 Å². The number of hydrogen-bond acceptors (Lipinski definition) is 8. The minimum absolute atomic E-state index is 0.0113. The molecule has 0 saturated carbocycles. The molecule has 0 atom stereocenters. The van der Waals surface area contributed by atoms with Crippen LogP contribution in [0.1, 0.15) is 5.56 Å². The van der Waals surface area contributed by atoms with Crippen LogP contribution in [-0.4, -0.2) is 77.9 Å². The molecule has 1 saturated heterocycles. The van der Waals surface area contributed by atoms with Gasteiger partial charge in [-0.05, 0) is 60.2 Å². The highest BCUT2D eigenvalue weighted by Gasteiger charge is 2.27. The standard InChI is InChI=1S/C28H29ClN4O7S/c1-38-26-12-9-22(17-25(26)29)33(41(36,37)24-5-3-2-4-6-24)19-27(34)31-30-18-21-7-10-23(11-8-21)40-20-28(35)32-13-15-39-16-14-32/h2-12,17-18H,13-16,19-20H2,1H3,(H,31,34). The van der Waals surface area contributed by atoms with Crippen LogP contribution in [0.15, 0.2) is 82.8 Å². The predicted molar refractivity (Wildman–Crippen MR) is 154 cm³/mol. The van der Waals surface area contributed by atoms with Crippen molar-refractivity contribution in [2.24, 2.45) is 5.10 Å². The van der Waals surface area contributed by atoms with Gasteiger partial charge in [0.1, 0.15) is 18.0 Å². The maximum absolute atomic E-state index is 13.4. The van der Waals surface area contributed by atoms with Gasteiger partial charge >= 0.3 is 0 Å². The number of carbonyl (C=O) groups is 2. The Morgan fingerprint density at radius 1 is 1.07 bits per heavy atom. The van der Waals surface area contributed by atoms with Gasteiger partial charge in [-0.15, -0.1) is 0 Å². The average Bonchev–Trinajstić information content (AvgIpc) is 3.00. The number of halogens is 1. The summed E-state index contributed by atoms with van der Waals surface area (Å²) in [5.74, 6) is 0.0884. The van der Waals surface area contributed by atoms with E-state index in [1.165, 1.54) is 43.7 Å². The highest BCUT2D eigenvalue weighted by atomic mass is 35.5. The van der Waals surface area contributed by atoms with Crippen molar-refractivity contribution in [3.63, 3.8) is 0 Å². The molecule has 0 bridgehead atoms. The topological polar surface area (TPSA) is 127 Å². The number of benzene rings is 3. The van der Waals surface area contributed by atoms with Crippen molar-refractivity contribution < 1.29 is 32.2 Å². The highest BCUT2D eigenvalue weighted by molar-refractivity contribution is 7.92. The van der Waals surface area contributed by atoms with E-state index < -0.39 is 22.5 Å². The number of nitrogens with zero attached hydrogens (tertiary/aromatic N) is 3. The molecule has 0 spiro atoms. The number of anilines is 1. The molecule has 0 radical (unpaired) electrons. The van der Waals surface area contributed by atoms with Crippen LogP contribution in [0.4, 0.5) is 5.69 Å². The molecule has 0 aliphatic carbocycles. The largest absolute Gasteiger partial charge is 0.495 e. The first-order valence-corrected chi connectivity index (χ1v) is 14.4. The Kier molecular flexibility index (Phi) is 10.2. The fourth-order valence-electron chi connectivity index (χ4n) is 3.89. The van der Waals surface area contributed by atoms with Crippen LogP contribution in [0.25, 0.3) is 0 Å². The summed E-state index contributed by atoms with van der Waals surface area (Å²) in [7, 11) is -2.67. The maximum atomic E-state index is 13.4. The number of amides is 2. The van der Waals surface area contributed by atoms with Crippen LogP contribution in [-0.2, 0) is 24.3 Å². The molecule has 1 fully saturated rings. The van der Waals surface area contributed by atoms with Crippen molar-refractivity contribution in [2.75, 3.05) is 50.9 Å². The van der Waals surface area contributed by atoms with E-state index in [2.05, 4.69) is 10.5 Å². The van der Waals surface area contributed by atoms with Crippen molar-refractivity contribution in [1.82, 2.24) is 10.3 Å². The van der Waals surface area contributed by atoms with Gasteiger partial charge in [-0.25, -0.2) is 13.8 Å². The van der Waals surface area contributed by atoms with E-state index in [-0.39, 0.29) is 28.1 Å². The molecular weight excluding hydrogens is 572 g/mol. The van der Waals surface area contributed by atoms with Gasteiger partial charge in [0.25, 0.3) is 21.8 Å². The van der Waals surface area contributed by atoms with Gasteiger partial charge < -0.3 is 19.1 Å². The molecule has 216 valence electrons. The van der Waals surface area contributed by atoms with Crippen molar-refractivity contribution in [3.05, 3.63) is 83.4 Å². The Morgan fingerprint density at radius 3 is 2.44 bits per heavy atom. The van der Waals surface area contributed by atoms with Gasteiger partial charge in [-0.2, -0.15) is 5.10 Å². The first-order chi connectivity index (χ1) is 19.8. The number of hydrazone groups is 1. The van der Waals surface area contributed by atoms with Crippen molar-refractivity contribution in [2.45, 2.75) is 4.90 Å². The molecule has 1 N–H and O–H groups in total. The van der Waals surface area contributed by atoms with E-state index in [9.17, 15) is 18.0 Å².